The molecule has 294 valence electrons. The number of carbonyl (C=O) groups excluding carboxylic acids is 1. The molecule has 0 bridgehead atoms. The topological polar surface area (TPSA) is 304 Å². The van der Waals surface area contributed by atoms with Gasteiger partial charge in [-0.15, -0.1) is 0 Å². The van der Waals surface area contributed by atoms with E-state index in [1.165, 1.54) is 49.4 Å². The van der Waals surface area contributed by atoms with E-state index in [1.54, 1.807) is 0 Å². The molecule has 53 heavy (non-hydrogen) atoms. The van der Waals surface area contributed by atoms with Gasteiger partial charge in [-0.25, -0.2) is 4.79 Å². The summed E-state index contributed by atoms with van der Waals surface area (Å²) in [5.41, 5.74) is 0.834. The summed E-state index contributed by atoms with van der Waals surface area (Å²) in [6.07, 6.45) is -20.3. The van der Waals surface area contributed by atoms with Crippen LogP contribution in [0.1, 0.15) is 18.1 Å². The van der Waals surface area contributed by atoms with E-state index in [0.717, 1.165) is 6.08 Å². The van der Waals surface area contributed by atoms with Crippen LogP contribution in [-0.4, -0.2) is 168 Å². The van der Waals surface area contributed by atoms with Gasteiger partial charge in [0.1, 0.15) is 54.9 Å². The Kier molecular flexibility index (Phi) is 13.5. The van der Waals surface area contributed by atoms with Gasteiger partial charge in [-0.1, -0.05) is 12.1 Å². The zero-order valence-electron chi connectivity index (χ0n) is 28.2. The van der Waals surface area contributed by atoms with Gasteiger partial charge in [0, 0.05) is 6.08 Å². The number of carbonyl (C=O) groups is 1. The molecule has 3 saturated heterocycles. The van der Waals surface area contributed by atoms with Crippen molar-refractivity contribution in [1.29, 1.82) is 0 Å². The molecule has 0 amide bonds. The van der Waals surface area contributed by atoms with E-state index in [1.807, 2.05) is 0 Å². The molecule has 0 radical (unpaired) electrons. The Balaban J connectivity index is 1.39. The lowest BCUT2D eigenvalue weighted by Gasteiger charge is -2.48. The van der Waals surface area contributed by atoms with E-state index in [4.69, 9.17) is 33.2 Å². The van der Waals surface area contributed by atoms with Crippen molar-refractivity contribution in [2.45, 2.75) is 99.4 Å². The predicted octanol–water partition coefficient (Wildman–Crippen LogP) is -2.55. The minimum atomic E-state index is -1.82. The van der Waals surface area contributed by atoms with Gasteiger partial charge in [-0.05, 0) is 54.8 Å². The van der Waals surface area contributed by atoms with Gasteiger partial charge in [0.05, 0.1) is 25.9 Å². The zero-order chi connectivity index (χ0) is 38.6. The van der Waals surface area contributed by atoms with Crippen LogP contribution in [0.25, 0.3) is 6.08 Å². The maximum Gasteiger partial charge on any atom is 0.331 e. The van der Waals surface area contributed by atoms with Crippen molar-refractivity contribution in [3.8, 4) is 23.0 Å². The van der Waals surface area contributed by atoms with Crippen LogP contribution in [0.5, 0.6) is 23.0 Å². The van der Waals surface area contributed by atoms with Crippen molar-refractivity contribution < 1.29 is 94.1 Å². The van der Waals surface area contributed by atoms with Crippen LogP contribution < -0.4 is 0 Å². The lowest BCUT2D eigenvalue weighted by Crippen LogP contribution is -2.66. The van der Waals surface area contributed by atoms with E-state index in [-0.39, 0.29) is 30.3 Å². The molecule has 0 saturated carbocycles. The van der Waals surface area contributed by atoms with E-state index in [9.17, 15) is 61.0 Å². The molecule has 11 N–H and O–H groups in total. The Morgan fingerprint density at radius 2 is 1.43 bits per heavy atom. The SMILES string of the molecule is C[C@@H]1O[C@@H](O[C@@H]2[C@@H](O)[C@H](OCCc3ccc(O)c(O)c3)O[C@H](CO)[C@H]2OC(=O)/C=C/c2ccc(O)c(O)c2)[C@H](O[C@H]2OC[C@@H](O)[C@H](O)[C@@H]2O)[C@H](O)[C@H]1O. The van der Waals surface area contributed by atoms with Crippen LogP contribution in [0.4, 0.5) is 0 Å². The molecule has 0 spiro atoms. The van der Waals surface area contributed by atoms with Crippen molar-refractivity contribution in [1.82, 2.24) is 0 Å². The van der Waals surface area contributed by atoms with Gasteiger partial charge in [0.25, 0.3) is 0 Å². The molecule has 3 aliphatic rings. The van der Waals surface area contributed by atoms with Crippen LogP contribution in [-0.2, 0) is 44.4 Å². The Hall–Kier alpha value is -3.67. The average Bonchev–Trinajstić information content (AvgIpc) is 3.13. The van der Waals surface area contributed by atoms with Gasteiger partial charge in [-0.2, -0.15) is 0 Å². The minimum absolute atomic E-state index is 0.137. The Morgan fingerprint density at radius 3 is 2.11 bits per heavy atom. The fourth-order valence-electron chi connectivity index (χ4n) is 5.94. The summed E-state index contributed by atoms with van der Waals surface area (Å²) in [6.45, 7) is -0.0224. The van der Waals surface area contributed by atoms with Gasteiger partial charge in [-0.3, -0.25) is 0 Å². The number of ether oxygens (including phenoxy) is 7. The van der Waals surface area contributed by atoms with Crippen molar-refractivity contribution in [3.05, 3.63) is 53.6 Å². The summed E-state index contributed by atoms with van der Waals surface area (Å²) in [6, 6.07) is 7.85. The molecule has 19 nitrogen and oxygen atoms in total. The zero-order valence-corrected chi connectivity index (χ0v) is 28.2. The number of aliphatic hydroxyl groups excluding tert-OH is 7. The van der Waals surface area contributed by atoms with Crippen molar-refractivity contribution in [3.63, 3.8) is 0 Å². The van der Waals surface area contributed by atoms with Crippen LogP contribution in [0.3, 0.4) is 0 Å². The van der Waals surface area contributed by atoms with Crippen LogP contribution in [0, 0.1) is 0 Å². The number of esters is 1. The molecule has 3 heterocycles. The molecule has 3 aliphatic heterocycles. The molecule has 5 rings (SSSR count). The summed E-state index contributed by atoms with van der Waals surface area (Å²) in [4.78, 5) is 13.1. The van der Waals surface area contributed by atoms with Gasteiger partial charge < -0.3 is 89.3 Å². The fraction of sp³-hybridized carbons (Fsp3) is 0.559. The molecular formula is C34H44O19. The molecule has 3 fully saturated rings. The number of benzene rings is 2. The van der Waals surface area contributed by atoms with E-state index in [2.05, 4.69) is 0 Å². The summed E-state index contributed by atoms with van der Waals surface area (Å²) in [5, 5.41) is 113. The van der Waals surface area contributed by atoms with Crippen LogP contribution >= 0.6 is 0 Å². The first-order chi connectivity index (χ1) is 25.2. The molecule has 19 heteroatoms. The minimum Gasteiger partial charge on any atom is -0.504 e. The van der Waals surface area contributed by atoms with E-state index >= 15 is 0 Å². The highest BCUT2D eigenvalue weighted by atomic mass is 16.8. The van der Waals surface area contributed by atoms with Crippen molar-refractivity contribution >= 4 is 12.0 Å². The quantitative estimate of drug-likeness (QED) is 0.0603. The lowest BCUT2D eigenvalue weighted by atomic mass is 9.96. The maximum atomic E-state index is 13.1. The smallest absolute Gasteiger partial charge is 0.331 e. The number of hydrogen-bond acceptors (Lipinski definition) is 19. The highest BCUT2D eigenvalue weighted by Crippen LogP contribution is 2.34. The molecule has 2 aromatic rings. The van der Waals surface area contributed by atoms with Crippen LogP contribution in [0.2, 0.25) is 0 Å². The number of aliphatic hydroxyl groups is 7. The second kappa shape index (κ2) is 17.6. The van der Waals surface area contributed by atoms with E-state index in [0.29, 0.717) is 11.1 Å². The molecular weight excluding hydrogens is 712 g/mol. The third kappa shape index (κ3) is 9.53. The van der Waals surface area contributed by atoms with Crippen LogP contribution in [0.15, 0.2) is 42.5 Å². The monoisotopic (exact) mass is 756 g/mol. The highest BCUT2D eigenvalue weighted by Gasteiger charge is 2.54. The fourth-order valence-corrected chi connectivity index (χ4v) is 5.94. The second-order valence-corrected chi connectivity index (χ2v) is 12.8. The summed E-state index contributed by atoms with van der Waals surface area (Å²) >= 11 is 0. The largest absolute Gasteiger partial charge is 0.504 e. The first-order valence-corrected chi connectivity index (χ1v) is 16.6. The number of aromatic hydroxyl groups is 4. The summed E-state index contributed by atoms with van der Waals surface area (Å²) in [5.74, 6) is -2.58. The average molecular weight is 757 g/mol. The third-order valence-electron chi connectivity index (χ3n) is 8.99. The molecule has 2 aromatic carbocycles. The number of phenols is 4. The first kappa shape index (κ1) is 40.5. The van der Waals surface area contributed by atoms with Gasteiger partial charge >= 0.3 is 5.97 Å². The molecule has 0 aromatic heterocycles. The number of hydrogen-bond donors (Lipinski definition) is 11. The second-order valence-electron chi connectivity index (χ2n) is 12.8. The van der Waals surface area contributed by atoms with Gasteiger partial charge in [0.2, 0.25) is 0 Å². The third-order valence-corrected chi connectivity index (χ3v) is 8.99. The standard InChI is InChI=1S/C34H44O19/c1-14-24(42)26(44)31(53-32-27(45)25(43)21(40)13-48-32)34(49-14)52-30-28(46)33(47-9-8-16-3-6-18(37)20(39)11-16)50-22(12-35)29(30)51-23(41)7-4-15-2-5-17(36)19(38)10-15/h2-7,10-11,14,21-22,24-40,42-46H,8-9,12-13H2,1H3/b7-4+/t14-,21+,22+,24-,25-,26+,27-,28+,29+,30+,31+,32+,33+,34-/m0/s1. The van der Waals surface area contributed by atoms with Gasteiger partial charge in [0.15, 0.2) is 48.0 Å². The molecule has 0 unspecified atom stereocenters. The molecule has 0 aliphatic carbocycles. The van der Waals surface area contributed by atoms with Crippen molar-refractivity contribution in [2.75, 3.05) is 19.8 Å². The number of rotatable bonds is 12. The molecule has 14 atom stereocenters. The first-order valence-electron chi connectivity index (χ1n) is 16.6. The van der Waals surface area contributed by atoms with E-state index < -0.39 is 111 Å². The van der Waals surface area contributed by atoms with Crippen molar-refractivity contribution in [2.24, 2.45) is 0 Å². The summed E-state index contributed by atoms with van der Waals surface area (Å²) < 4.78 is 40.1. The predicted molar refractivity (Wildman–Crippen MR) is 174 cm³/mol. The Morgan fingerprint density at radius 1 is 0.755 bits per heavy atom. The Bertz CT molecular complexity index is 1560. The normalized spacial score (nSPS) is 36.4. The maximum absolute atomic E-state index is 13.1. The number of phenolic OH excluding ortho intramolecular Hbond substituents is 4. The Labute approximate surface area is 302 Å². The lowest BCUT2D eigenvalue weighted by molar-refractivity contribution is -0.381. The highest BCUT2D eigenvalue weighted by molar-refractivity contribution is 5.87. The summed E-state index contributed by atoms with van der Waals surface area (Å²) in [7, 11) is 0.